The molecule has 248 valence electrons. The van der Waals surface area contributed by atoms with Crippen LogP contribution < -0.4 is 22.6 Å². The standard InChI is InChI=1S/C21H26N10O13P2/c1-45(36)39-2-6-13(11(33)19(41-6)31-5-25-9-15(31)27-21(23)29-17(9)35)44-46(37,38)40-3-7-12(43-45)10(32)18(42-7)30-4-24-8-14(30)26-20(22)28-16(8)34/h4-7,10-13,18-19,32-33H,2-3H2,1H3,(H,37,38)(H3,22,26,28,34)(H3,23,27,29,35)/t6-,7-,10?,11+,12+,13?,18-,19-,45?/m1/s1. The van der Waals surface area contributed by atoms with E-state index in [1.54, 1.807) is 0 Å². The lowest BCUT2D eigenvalue weighted by Gasteiger charge is -2.28. The van der Waals surface area contributed by atoms with Crippen LogP contribution in [0, 0.1) is 0 Å². The van der Waals surface area contributed by atoms with Crippen LogP contribution in [0.5, 0.6) is 0 Å². The number of nitrogens with two attached hydrogens (primary N) is 2. The molecule has 10 atom stereocenters. The van der Waals surface area contributed by atoms with Crippen LogP contribution in [0.1, 0.15) is 12.5 Å². The van der Waals surface area contributed by atoms with E-state index >= 15 is 0 Å². The zero-order chi connectivity index (χ0) is 32.7. The zero-order valence-electron chi connectivity index (χ0n) is 23.3. The minimum Gasteiger partial charge on any atom is -0.386 e. The second kappa shape index (κ2) is 11.0. The highest BCUT2D eigenvalue weighted by atomic mass is 31.2. The van der Waals surface area contributed by atoms with E-state index in [1.807, 2.05) is 0 Å². The number of nitrogens with one attached hydrogen (secondary N) is 2. The van der Waals surface area contributed by atoms with Gasteiger partial charge < -0.3 is 40.6 Å². The third kappa shape index (κ3) is 5.34. The van der Waals surface area contributed by atoms with Gasteiger partial charge in [-0.2, -0.15) is 9.97 Å². The predicted molar refractivity (Wildman–Crippen MR) is 150 cm³/mol. The number of imidazole rings is 2. The minimum absolute atomic E-state index is 0.0580. The van der Waals surface area contributed by atoms with E-state index in [1.165, 1.54) is 4.57 Å². The minimum atomic E-state index is -5.04. The maximum Gasteiger partial charge on any atom is 0.472 e. The number of nitrogens with zero attached hydrogens (tertiary/aromatic N) is 6. The lowest BCUT2D eigenvalue weighted by atomic mass is 10.1. The number of nitrogen functional groups attached to an aromatic ring is 2. The molecule has 3 saturated heterocycles. The zero-order valence-corrected chi connectivity index (χ0v) is 25.1. The topological polar surface area (TPSA) is 329 Å². The number of phosphoric acid groups is 1. The van der Waals surface area contributed by atoms with Gasteiger partial charge >= 0.3 is 15.4 Å². The summed E-state index contributed by atoms with van der Waals surface area (Å²) in [4.78, 5) is 55.7. The number of H-pyrrole nitrogens is 2. The maximum atomic E-state index is 13.5. The van der Waals surface area contributed by atoms with Gasteiger partial charge in [0.1, 0.15) is 36.6 Å². The molecule has 3 aliphatic heterocycles. The van der Waals surface area contributed by atoms with E-state index in [0.29, 0.717) is 0 Å². The molecule has 0 aromatic carbocycles. The van der Waals surface area contributed by atoms with Gasteiger partial charge in [-0.05, 0) is 0 Å². The largest absolute Gasteiger partial charge is 0.472 e. The smallest absolute Gasteiger partial charge is 0.386 e. The SMILES string of the molecule is CP1(=O)OC[C@H]2O[C@@H](n3cnc4c(=O)[nH]c(N)nc43)[C@@H](O)C2OP(=O)(O)OC[C@H]2O[C@@H](n3cnc4c(=O)[nH]c(N)nc43)C(O)[C@H]2O1. The van der Waals surface area contributed by atoms with Crippen molar-refractivity contribution in [3.05, 3.63) is 33.4 Å². The van der Waals surface area contributed by atoms with E-state index in [2.05, 4.69) is 29.9 Å². The summed E-state index contributed by atoms with van der Waals surface area (Å²) in [5, 5.41) is 22.4. The third-order valence-electron chi connectivity index (χ3n) is 7.51. The molecule has 23 nitrogen and oxygen atoms in total. The molecule has 0 saturated carbocycles. The first-order valence-electron chi connectivity index (χ1n) is 13.4. The van der Waals surface area contributed by atoms with E-state index < -0.39 is 88.8 Å². The summed E-state index contributed by atoms with van der Waals surface area (Å²) in [5.41, 5.74) is 9.61. The number of fused-ring (bicyclic) bond motifs is 4. The molecule has 46 heavy (non-hydrogen) atoms. The monoisotopic (exact) mass is 688 g/mol. The molecule has 0 radical (unpaired) electrons. The summed E-state index contributed by atoms with van der Waals surface area (Å²) in [7, 11) is -9.14. The van der Waals surface area contributed by atoms with E-state index in [9.17, 15) is 33.8 Å². The molecule has 0 amide bonds. The molecule has 4 aromatic heterocycles. The number of anilines is 2. The van der Waals surface area contributed by atoms with Crippen LogP contribution >= 0.6 is 15.4 Å². The number of aromatic nitrogens is 8. The van der Waals surface area contributed by atoms with Crippen molar-refractivity contribution in [2.75, 3.05) is 31.3 Å². The fraction of sp³-hybridized carbons (Fsp3) is 0.524. The number of rotatable bonds is 2. The van der Waals surface area contributed by atoms with Gasteiger partial charge in [-0.25, -0.2) is 14.5 Å². The molecular weight excluding hydrogens is 662 g/mol. The fourth-order valence-electron chi connectivity index (χ4n) is 5.50. The average molecular weight is 688 g/mol. The Balaban J connectivity index is 1.18. The van der Waals surface area contributed by atoms with Gasteiger partial charge in [-0.1, -0.05) is 0 Å². The van der Waals surface area contributed by atoms with Crippen molar-refractivity contribution in [3.63, 3.8) is 0 Å². The van der Waals surface area contributed by atoms with Crippen molar-refractivity contribution in [2.45, 2.75) is 49.1 Å². The van der Waals surface area contributed by atoms with Crippen LogP contribution in [0.15, 0.2) is 22.2 Å². The van der Waals surface area contributed by atoms with E-state index in [-0.39, 0.29) is 34.2 Å². The van der Waals surface area contributed by atoms with Gasteiger partial charge in [0, 0.05) is 6.66 Å². The molecule has 0 spiro atoms. The first-order chi connectivity index (χ1) is 21.7. The average Bonchev–Trinajstić information content (AvgIpc) is 3.72. The molecule has 7 heterocycles. The van der Waals surface area contributed by atoms with Gasteiger partial charge in [0.05, 0.1) is 25.9 Å². The number of hydrogen-bond donors (Lipinski definition) is 7. The Morgan fingerprint density at radius 1 is 0.826 bits per heavy atom. The fourth-order valence-corrected chi connectivity index (χ4v) is 7.64. The Morgan fingerprint density at radius 2 is 1.28 bits per heavy atom. The quantitative estimate of drug-likeness (QED) is 0.109. The van der Waals surface area contributed by atoms with Gasteiger partial charge in [-0.3, -0.25) is 46.8 Å². The van der Waals surface area contributed by atoms with Crippen molar-refractivity contribution in [1.82, 2.24) is 39.0 Å². The Kier molecular flexibility index (Phi) is 7.41. The highest BCUT2D eigenvalue weighted by Gasteiger charge is 2.53. The highest BCUT2D eigenvalue weighted by Crippen LogP contribution is 2.53. The maximum absolute atomic E-state index is 13.5. The third-order valence-corrected chi connectivity index (χ3v) is 9.74. The molecule has 3 aliphatic rings. The second-order valence-electron chi connectivity index (χ2n) is 10.6. The lowest BCUT2D eigenvalue weighted by molar-refractivity contribution is -0.0622. The first kappa shape index (κ1) is 31.0. The van der Waals surface area contributed by atoms with Crippen molar-refractivity contribution >= 4 is 49.6 Å². The van der Waals surface area contributed by atoms with Crippen molar-refractivity contribution in [2.24, 2.45) is 0 Å². The molecule has 7 rings (SSSR count). The number of hydrogen-bond acceptors (Lipinski definition) is 18. The summed E-state index contributed by atoms with van der Waals surface area (Å²) in [6, 6.07) is 0. The number of phosphoric ester groups is 1. The van der Waals surface area contributed by atoms with E-state index in [0.717, 1.165) is 23.9 Å². The first-order valence-corrected chi connectivity index (χ1v) is 16.9. The molecule has 4 unspecified atom stereocenters. The van der Waals surface area contributed by atoms with Crippen LogP contribution in [0.25, 0.3) is 22.3 Å². The van der Waals surface area contributed by atoms with Gasteiger partial charge in [0.2, 0.25) is 11.9 Å². The Hall–Kier alpha value is -3.60. The molecule has 25 heteroatoms. The number of ether oxygens (including phenoxy) is 2. The molecule has 9 N–H and O–H groups in total. The molecule has 4 aromatic rings. The number of aliphatic hydroxyl groups is 2. The number of aliphatic hydroxyl groups excluding tert-OH is 2. The van der Waals surface area contributed by atoms with Crippen LogP contribution in [-0.4, -0.2) is 111 Å². The van der Waals surface area contributed by atoms with E-state index in [4.69, 9.17) is 39.0 Å². The van der Waals surface area contributed by atoms with Crippen molar-refractivity contribution < 1.29 is 51.8 Å². The summed E-state index contributed by atoms with van der Waals surface area (Å²) >= 11 is 0. The van der Waals surface area contributed by atoms with Crippen LogP contribution in [0.3, 0.4) is 0 Å². The summed E-state index contributed by atoms with van der Waals surface area (Å²) in [5.74, 6) is -0.488. The number of aromatic amines is 2. The Labute approximate surface area is 254 Å². The summed E-state index contributed by atoms with van der Waals surface area (Å²) in [6.07, 6.45) is -9.66. The molecular formula is C21H26N10O13P2. The molecule has 3 fully saturated rings. The summed E-state index contributed by atoms with van der Waals surface area (Å²) < 4.78 is 62.5. The summed E-state index contributed by atoms with van der Waals surface area (Å²) in [6.45, 7) is -0.279. The van der Waals surface area contributed by atoms with Gasteiger partial charge in [0.15, 0.2) is 34.8 Å². The lowest BCUT2D eigenvalue weighted by Crippen LogP contribution is -2.39. The predicted octanol–water partition coefficient (Wildman–Crippen LogP) is -2.33. The second-order valence-corrected chi connectivity index (χ2v) is 14.1. The van der Waals surface area contributed by atoms with Gasteiger partial charge in [0.25, 0.3) is 11.1 Å². The highest BCUT2D eigenvalue weighted by molar-refractivity contribution is 7.53. The Morgan fingerprint density at radius 3 is 1.78 bits per heavy atom. The normalized spacial score (nSPS) is 37.1. The molecule has 0 aliphatic carbocycles. The Bertz CT molecular complexity index is 1900. The molecule has 0 bridgehead atoms. The van der Waals surface area contributed by atoms with Crippen molar-refractivity contribution in [3.8, 4) is 0 Å². The van der Waals surface area contributed by atoms with Gasteiger partial charge in [-0.15, -0.1) is 0 Å². The van der Waals surface area contributed by atoms with Crippen LogP contribution in [0.4, 0.5) is 11.9 Å². The van der Waals surface area contributed by atoms with Crippen LogP contribution in [-0.2, 0) is 36.7 Å². The van der Waals surface area contributed by atoms with Crippen LogP contribution in [0.2, 0.25) is 0 Å². The van der Waals surface area contributed by atoms with Crippen molar-refractivity contribution in [1.29, 1.82) is 0 Å².